The first-order valence-corrected chi connectivity index (χ1v) is 22.3. The zero-order chi connectivity index (χ0) is 42.5. The molecule has 2 fully saturated rings. The van der Waals surface area contributed by atoms with Gasteiger partial charge in [0.05, 0.1) is 19.8 Å². The number of ether oxygens (including phenoxy) is 6. The number of carbonyl (C=O) groups excluding carboxylic acids is 2. The van der Waals surface area contributed by atoms with Crippen LogP contribution in [0.1, 0.15) is 155 Å². The molecule has 7 N–H and O–H groups in total. The number of rotatable bonds is 33. The standard InChI is InChI=1S/C43H78O15/c1-3-5-6-7-8-9-10-11-12-13-14-15-16-17-18-19-20-21-22-23-24-26-35(46)56-31(28-53-34(45)25-4-2)29-54-42-41(52)39(50)37(48)33(58-42)30-55-43-40(51)38(49)36(47)32(27-44)57-43/h13-14,31-33,36-44,47-52H,3-12,15-30H2,1-2H3/b14-13-. The van der Waals surface area contributed by atoms with Gasteiger partial charge in [0, 0.05) is 12.8 Å². The number of aliphatic hydroxyl groups excluding tert-OH is 7. The first-order chi connectivity index (χ1) is 28.0. The maximum absolute atomic E-state index is 12.8. The zero-order valence-electron chi connectivity index (χ0n) is 35.3. The van der Waals surface area contributed by atoms with Gasteiger partial charge in [0.15, 0.2) is 18.7 Å². The average Bonchev–Trinajstić information content (AvgIpc) is 3.21. The van der Waals surface area contributed by atoms with E-state index in [1.165, 1.54) is 89.9 Å². The fraction of sp³-hybridized carbons (Fsp3) is 0.907. The van der Waals surface area contributed by atoms with Crippen LogP contribution in [0.25, 0.3) is 0 Å². The van der Waals surface area contributed by atoms with Crippen molar-refractivity contribution < 1.29 is 73.8 Å². The Kier molecular flexibility index (Phi) is 28.9. The van der Waals surface area contributed by atoms with E-state index in [1.54, 1.807) is 0 Å². The topological polar surface area (TPSA) is 231 Å². The second-order valence-electron chi connectivity index (χ2n) is 15.9. The Balaban J connectivity index is 1.66. The minimum Gasteiger partial charge on any atom is -0.462 e. The Morgan fingerprint density at radius 2 is 1.02 bits per heavy atom. The number of hydrogen-bond donors (Lipinski definition) is 7. The molecule has 58 heavy (non-hydrogen) atoms. The van der Waals surface area contributed by atoms with E-state index in [0.717, 1.165) is 25.7 Å². The molecule has 2 saturated heterocycles. The third-order valence-corrected chi connectivity index (χ3v) is 10.7. The van der Waals surface area contributed by atoms with E-state index in [2.05, 4.69) is 19.1 Å². The van der Waals surface area contributed by atoms with Crippen molar-refractivity contribution in [2.75, 3.05) is 26.4 Å². The SMILES string of the molecule is CCCCCCCCCC/C=C\CCCCCCCCCCCC(=O)OC(COC(=O)CCC)COC1OC(COC2OC(CO)C(O)C(O)C2O)C(O)C(O)C1O. The first kappa shape index (κ1) is 52.4. The summed E-state index contributed by atoms with van der Waals surface area (Å²) in [5.74, 6) is -0.985. The summed E-state index contributed by atoms with van der Waals surface area (Å²) < 4.78 is 32.9. The predicted molar refractivity (Wildman–Crippen MR) is 215 cm³/mol. The monoisotopic (exact) mass is 835 g/mol. The van der Waals surface area contributed by atoms with Crippen LogP contribution >= 0.6 is 0 Å². The lowest BCUT2D eigenvalue weighted by atomic mass is 9.98. The quantitative estimate of drug-likeness (QED) is 0.0278. The van der Waals surface area contributed by atoms with Gasteiger partial charge >= 0.3 is 11.9 Å². The molecule has 2 rings (SSSR count). The van der Waals surface area contributed by atoms with E-state index >= 15 is 0 Å². The smallest absolute Gasteiger partial charge is 0.306 e. The first-order valence-electron chi connectivity index (χ1n) is 22.3. The van der Waals surface area contributed by atoms with E-state index in [-0.39, 0.29) is 26.1 Å². The molecule has 0 aromatic rings. The molecule has 0 aromatic carbocycles. The normalized spacial score (nSPS) is 28.2. The van der Waals surface area contributed by atoms with Gasteiger partial charge in [-0.05, 0) is 38.5 Å². The molecule has 2 aliphatic heterocycles. The summed E-state index contributed by atoms with van der Waals surface area (Å²) in [5.41, 5.74) is 0. The molecule has 0 saturated carbocycles. The average molecular weight is 835 g/mol. The van der Waals surface area contributed by atoms with Crippen LogP contribution in [0.4, 0.5) is 0 Å². The summed E-state index contributed by atoms with van der Waals surface area (Å²) >= 11 is 0. The van der Waals surface area contributed by atoms with Crippen LogP contribution in [0.15, 0.2) is 12.2 Å². The molecule has 11 unspecified atom stereocenters. The van der Waals surface area contributed by atoms with E-state index in [0.29, 0.717) is 12.8 Å². The molecule has 340 valence electrons. The van der Waals surface area contributed by atoms with Crippen molar-refractivity contribution in [2.24, 2.45) is 0 Å². The number of allylic oxidation sites excluding steroid dienone is 2. The maximum atomic E-state index is 12.8. The second kappa shape index (κ2) is 32.0. The Morgan fingerprint density at radius 3 is 1.55 bits per heavy atom. The van der Waals surface area contributed by atoms with Gasteiger partial charge in [0.25, 0.3) is 0 Å². The number of esters is 2. The maximum Gasteiger partial charge on any atom is 0.306 e. The molecular formula is C43H78O15. The van der Waals surface area contributed by atoms with Gasteiger partial charge in [0.1, 0.15) is 55.4 Å². The van der Waals surface area contributed by atoms with Crippen LogP contribution in [0.2, 0.25) is 0 Å². The minimum absolute atomic E-state index is 0.163. The van der Waals surface area contributed by atoms with Crippen molar-refractivity contribution in [1.29, 1.82) is 0 Å². The van der Waals surface area contributed by atoms with Crippen molar-refractivity contribution in [1.82, 2.24) is 0 Å². The predicted octanol–water partition coefficient (Wildman–Crippen LogP) is 4.26. The second-order valence-corrected chi connectivity index (χ2v) is 15.9. The lowest BCUT2D eigenvalue weighted by Crippen LogP contribution is -2.61. The van der Waals surface area contributed by atoms with Gasteiger partial charge in [-0.1, -0.05) is 116 Å². The summed E-state index contributed by atoms with van der Waals surface area (Å²) in [6.07, 6.45) is 11.7. The Morgan fingerprint density at radius 1 is 0.534 bits per heavy atom. The van der Waals surface area contributed by atoms with Gasteiger partial charge in [-0.2, -0.15) is 0 Å². The molecule has 2 heterocycles. The van der Waals surface area contributed by atoms with Gasteiger partial charge < -0.3 is 64.2 Å². The summed E-state index contributed by atoms with van der Waals surface area (Å²) in [6, 6.07) is 0. The number of carbonyl (C=O) groups is 2. The highest BCUT2D eigenvalue weighted by molar-refractivity contribution is 5.70. The van der Waals surface area contributed by atoms with Crippen LogP contribution in [0, 0.1) is 0 Å². The highest BCUT2D eigenvalue weighted by Crippen LogP contribution is 2.26. The van der Waals surface area contributed by atoms with Crippen LogP contribution < -0.4 is 0 Å². The van der Waals surface area contributed by atoms with E-state index in [4.69, 9.17) is 28.4 Å². The Bertz CT molecular complexity index is 1080. The number of hydrogen-bond acceptors (Lipinski definition) is 15. The van der Waals surface area contributed by atoms with E-state index < -0.39 is 92.7 Å². The summed E-state index contributed by atoms with van der Waals surface area (Å²) in [4.78, 5) is 24.8. The lowest BCUT2D eigenvalue weighted by molar-refractivity contribution is -0.332. The van der Waals surface area contributed by atoms with Crippen molar-refractivity contribution in [2.45, 2.75) is 223 Å². The van der Waals surface area contributed by atoms with Crippen LogP contribution in [-0.4, -0.2) is 142 Å². The third kappa shape index (κ3) is 21.2. The molecule has 0 aromatic heterocycles. The van der Waals surface area contributed by atoms with Gasteiger partial charge in [-0.25, -0.2) is 0 Å². The van der Waals surface area contributed by atoms with E-state index in [9.17, 15) is 45.3 Å². The van der Waals surface area contributed by atoms with Crippen LogP contribution in [0.3, 0.4) is 0 Å². The molecular weight excluding hydrogens is 756 g/mol. The molecule has 0 amide bonds. The van der Waals surface area contributed by atoms with Gasteiger partial charge in [-0.3, -0.25) is 9.59 Å². The molecule has 11 atom stereocenters. The van der Waals surface area contributed by atoms with E-state index in [1.807, 2.05) is 6.92 Å². The minimum atomic E-state index is -1.76. The Hall–Kier alpha value is -1.76. The molecule has 15 nitrogen and oxygen atoms in total. The lowest BCUT2D eigenvalue weighted by Gasteiger charge is -2.42. The fourth-order valence-electron chi connectivity index (χ4n) is 7.01. The molecule has 0 spiro atoms. The van der Waals surface area contributed by atoms with Crippen molar-refractivity contribution in [3.8, 4) is 0 Å². The fourth-order valence-corrected chi connectivity index (χ4v) is 7.01. The number of unbranched alkanes of at least 4 members (excludes halogenated alkanes) is 17. The molecule has 2 aliphatic rings. The van der Waals surface area contributed by atoms with Crippen molar-refractivity contribution in [3.63, 3.8) is 0 Å². The summed E-state index contributed by atoms with van der Waals surface area (Å²) in [5, 5.41) is 71.3. The van der Waals surface area contributed by atoms with Crippen LogP contribution in [0.5, 0.6) is 0 Å². The summed E-state index contributed by atoms with van der Waals surface area (Å²) in [6.45, 7) is 2.18. The highest BCUT2D eigenvalue weighted by Gasteiger charge is 2.47. The van der Waals surface area contributed by atoms with Crippen LogP contribution in [-0.2, 0) is 38.0 Å². The third-order valence-electron chi connectivity index (χ3n) is 10.7. The highest BCUT2D eigenvalue weighted by atomic mass is 16.7. The molecule has 0 bridgehead atoms. The molecule has 0 radical (unpaired) electrons. The van der Waals surface area contributed by atoms with Gasteiger partial charge in [0.2, 0.25) is 0 Å². The molecule has 0 aliphatic carbocycles. The summed E-state index contributed by atoms with van der Waals surface area (Å²) in [7, 11) is 0. The van der Waals surface area contributed by atoms with Crippen molar-refractivity contribution >= 4 is 11.9 Å². The van der Waals surface area contributed by atoms with Gasteiger partial charge in [-0.15, -0.1) is 0 Å². The number of aliphatic hydroxyl groups is 7. The molecule has 15 heteroatoms. The van der Waals surface area contributed by atoms with Crippen molar-refractivity contribution in [3.05, 3.63) is 12.2 Å². The zero-order valence-corrected chi connectivity index (χ0v) is 35.3. The Labute approximate surface area is 346 Å². The largest absolute Gasteiger partial charge is 0.462 e.